The number of fused-ring (bicyclic) bond motifs is 1. The Hall–Kier alpha value is -1.75. The fourth-order valence-corrected chi connectivity index (χ4v) is 2.32. The molecule has 2 aromatic rings. The number of benzene rings is 1. The van der Waals surface area contributed by atoms with Gasteiger partial charge in [-0.3, -0.25) is 0 Å². The lowest BCUT2D eigenvalue weighted by Gasteiger charge is -2.20. The molecule has 1 saturated heterocycles. The molecule has 1 aromatic heterocycles. The van der Waals surface area contributed by atoms with Gasteiger partial charge >= 0.3 is 0 Å². The first-order chi connectivity index (χ1) is 9.26. The third kappa shape index (κ3) is 3.17. The summed E-state index contributed by atoms with van der Waals surface area (Å²) in [5.41, 5.74) is 1.53. The highest BCUT2D eigenvalue weighted by Crippen LogP contribution is 2.30. The van der Waals surface area contributed by atoms with Crippen molar-refractivity contribution in [3.63, 3.8) is 0 Å². The number of piperidine rings is 1. The van der Waals surface area contributed by atoms with Gasteiger partial charge in [0.05, 0.1) is 5.69 Å². The third-order valence-electron chi connectivity index (χ3n) is 3.19. The van der Waals surface area contributed by atoms with Crippen molar-refractivity contribution in [2.75, 3.05) is 13.1 Å². The Labute approximate surface area is 111 Å². The minimum atomic E-state index is -0.277. The summed E-state index contributed by atoms with van der Waals surface area (Å²) in [6.45, 7) is 3.47. The van der Waals surface area contributed by atoms with Gasteiger partial charge in [-0.1, -0.05) is 5.16 Å². The molecule has 0 amide bonds. The molecule has 2 heterocycles. The van der Waals surface area contributed by atoms with Gasteiger partial charge in [0.15, 0.2) is 5.58 Å². The van der Waals surface area contributed by atoms with Gasteiger partial charge in [-0.25, -0.2) is 4.39 Å². The first kappa shape index (κ1) is 13.7. The molecule has 0 spiro atoms. The maximum Gasteiger partial charge on any atom is 0.170 e. The molecule has 1 fully saturated rings. The average Bonchev–Trinajstić information content (AvgIpc) is 2.83. The van der Waals surface area contributed by atoms with E-state index in [1.807, 2.05) is 0 Å². The van der Waals surface area contributed by atoms with Crippen molar-refractivity contribution in [1.29, 1.82) is 0 Å². The maximum absolute atomic E-state index is 13.0. The molecule has 1 aliphatic heterocycles. The minimum absolute atomic E-state index is 0.277. The Morgan fingerprint density at radius 1 is 1.42 bits per heavy atom. The molecular formula is C14H17FN2O2. The van der Waals surface area contributed by atoms with Crippen LogP contribution in [0.5, 0.6) is 0 Å². The van der Waals surface area contributed by atoms with E-state index in [1.54, 1.807) is 6.07 Å². The number of halogens is 1. The number of aromatic nitrogens is 1. The van der Waals surface area contributed by atoms with Crippen LogP contribution in [0.25, 0.3) is 11.0 Å². The lowest BCUT2D eigenvalue weighted by molar-refractivity contribution is -0.106. The fraction of sp³-hybridized carbons (Fsp3) is 0.429. The zero-order chi connectivity index (χ0) is 13.7. The number of aldehydes is 1. The van der Waals surface area contributed by atoms with Crippen molar-refractivity contribution in [2.24, 2.45) is 0 Å². The summed E-state index contributed by atoms with van der Waals surface area (Å²) < 4.78 is 18.2. The summed E-state index contributed by atoms with van der Waals surface area (Å²) in [5.74, 6) is 0.161. The monoisotopic (exact) mass is 264 g/mol. The quantitative estimate of drug-likeness (QED) is 0.804. The number of hydrogen-bond donors (Lipinski definition) is 1. The van der Waals surface area contributed by atoms with Crippen LogP contribution in [0.2, 0.25) is 0 Å². The van der Waals surface area contributed by atoms with E-state index in [4.69, 9.17) is 9.32 Å². The van der Waals surface area contributed by atoms with Crippen molar-refractivity contribution in [3.05, 3.63) is 29.7 Å². The van der Waals surface area contributed by atoms with E-state index in [1.165, 1.54) is 19.1 Å². The number of carbonyl (C=O) groups is 1. The predicted octanol–water partition coefficient (Wildman–Crippen LogP) is 2.64. The summed E-state index contributed by atoms with van der Waals surface area (Å²) in [6.07, 6.45) is 2.89. The zero-order valence-corrected chi connectivity index (χ0v) is 10.9. The predicted molar refractivity (Wildman–Crippen MR) is 70.5 cm³/mol. The molecule has 0 bridgehead atoms. The molecule has 5 heteroatoms. The second kappa shape index (κ2) is 6.43. The van der Waals surface area contributed by atoms with Gasteiger partial charge in [-0.2, -0.15) is 0 Å². The van der Waals surface area contributed by atoms with Crippen LogP contribution in [0, 0.1) is 5.82 Å². The first-order valence-electron chi connectivity index (χ1n) is 6.41. The Balaban J connectivity index is 0.000000408. The Morgan fingerprint density at radius 2 is 2.11 bits per heavy atom. The summed E-state index contributed by atoms with van der Waals surface area (Å²) in [7, 11) is 0. The molecular weight excluding hydrogens is 247 g/mol. The lowest BCUT2D eigenvalue weighted by Crippen LogP contribution is -2.26. The van der Waals surface area contributed by atoms with Crippen molar-refractivity contribution < 1.29 is 13.7 Å². The number of carbonyl (C=O) groups excluding carboxylic acids is 1. The summed E-state index contributed by atoms with van der Waals surface area (Å²) in [4.78, 5) is 8.81. The van der Waals surface area contributed by atoms with Crippen LogP contribution in [0.4, 0.5) is 4.39 Å². The van der Waals surface area contributed by atoms with E-state index in [0.29, 0.717) is 11.5 Å². The molecule has 0 aliphatic carbocycles. The molecule has 0 saturated carbocycles. The Morgan fingerprint density at radius 3 is 2.79 bits per heavy atom. The van der Waals surface area contributed by atoms with E-state index in [2.05, 4.69) is 10.5 Å². The first-order valence-corrected chi connectivity index (χ1v) is 6.41. The van der Waals surface area contributed by atoms with Crippen molar-refractivity contribution in [1.82, 2.24) is 10.5 Å². The fourth-order valence-electron chi connectivity index (χ4n) is 2.32. The maximum atomic E-state index is 13.0. The second-order valence-corrected chi connectivity index (χ2v) is 4.47. The highest BCUT2D eigenvalue weighted by atomic mass is 19.1. The Bertz CT molecular complexity index is 547. The molecule has 1 N–H and O–H groups in total. The van der Waals surface area contributed by atoms with Gasteiger partial charge in [0.25, 0.3) is 0 Å². The molecule has 0 atom stereocenters. The number of nitrogens with one attached hydrogen (secondary N) is 1. The average molecular weight is 264 g/mol. The van der Waals surface area contributed by atoms with Gasteiger partial charge in [-0.15, -0.1) is 0 Å². The lowest BCUT2D eigenvalue weighted by atomic mass is 9.93. The molecule has 102 valence electrons. The molecule has 1 aliphatic rings. The molecule has 0 unspecified atom stereocenters. The molecule has 1 aromatic carbocycles. The van der Waals surface area contributed by atoms with Gasteiger partial charge in [-0.05, 0) is 45.0 Å². The van der Waals surface area contributed by atoms with Crippen LogP contribution in [0.1, 0.15) is 31.4 Å². The van der Waals surface area contributed by atoms with Crippen molar-refractivity contribution in [3.8, 4) is 0 Å². The third-order valence-corrected chi connectivity index (χ3v) is 3.19. The van der Waals surface area contributed by atoms with E-state index >= 15 is 0 Å². The van der Waals surface area contributed by atoms with Gasteiger partial charge in [0.1, 0.15) is 12.1 Å². The SMILES string of the molecule is CC=O.Fc1ccc2c(C3CCNCC3)noc2c1. The van der Waals surface area contributed by atoms with E-state index in [0.717, 1.165) is 43.3 Å². The van der Waals surface area contributed by atoms with Crippen LogP contribution in [0.15, 0.2) is 22.7 Å². The summed E-state index contributed by atoms with van der Waals surface area (Å²) in [5, 5.41) is 8.36. The van der Waals surface area contributed by atoms with Crippen LogP contribution in [-0.4, -0.2) is 24.5 Å². The van der Waals surface area contributed by atoms with Crippen LogP contribution >= 0.6 is 0 Å². The van der Waals surface area contributed by atoms with E-state index < -0.39 is 0 Å². The van der Waals surface area contributed by atoms with Crippen LogP contribution in [0.3, 0.4) is 0 Å². The highest BCUT2D eigenvalue weighted by molar-refractivity contribution is 5.79. The summed E-state index contributed by atoms with van der Waals surface area (Å²) >= 11 is 0. The van der Waals surface area contributed by atoms with E-state index in [-0.39, 0.29) is 5.82 Å². The second-order valence-electron chi connectivity index (χ2n) is 4.47. The number of hydrogen-bond acceptors (Lipinski definition) is 4. The van der Waals surface area contributed by atoms with Gasteiger partial charge < -0.3 is 14.6 Å². The topological polar surface area (TPSA) is 55.1 Å². The molecule has 3 rings (SSSR count). The van der Waals surface area contributed by atoms with Crippen molar-refractivity contribution >= 4 is 17.3 Å². The molecule has 4 nitrogen and oxygen atoms in total. The van der Waals surface area contributed by atoms with Gasteiger partial charge in [0, 0.05) is 17.4 Å². The number of rotatable bonds is 1. The van der Waals surface area contributed by atoms with Crippen LogP contribution in [-0.2, 0) is 4.79 Å². The summed E-state index contributed by atoms with van der Waals surface area (Å²) in [6, 6.07) is 4.62. The smallest absolute Gasteiger partial charge is 0.170 e. The molecule has 0 radical (unpaired) electrons. The van der Waals surface area contributed by atoms with Crippen molar-refractivity contribution in [2.45, 2.75) is 25.7 Å². The molecule has 19 heavy (non-hydrogen) atoms. The van der Waals surface area contributed by atoms with E-state index in [9.17, 15) is 4.39 Å². The largest absolute Gasteiger partial charge is 0.356 e. The minimum Gasteiger partial charge on any atom is -0.356 e. The Kier molecular flexibility index (Phi) is 4.63. The van der Waals surface area contributed by atoms with Crippen LogP contribution < -0.4 is 5.32 Å². The normalized spacial score (nSPS) is 15.9. The highest BCUT2D eigenvalue weighted by Gasteiger charge is 2.21. The zero-order valence-electron chi connectivity index (χ0n) is 10.9. The standard InChI is InChI=1S/C12H13FN2O.C2H4O/c13-9-1-2-10-11(7-9)16-15-12(10)8-3-5-14-6-4-8;1-2-3/h1-2,7-8,14H,3-6H2;2H,1H3. The van der Waals surface area contributed by atoms with Gasteiger partial charge in [0.2, 0.25) is 0 Å². The number of nitrogens with zero attached hydrogens (tertiary/aromatic N) is 1.